The number of carbonyl (C=O) groups is 1. The molecule has 0 unspecified atom stereocenters. The Labute approximate surface area is 139 Å². The van der Waals surface area contributed by atoms with Gasteiger partial charge in [0.2, 0.25) is 0 Å². The maximum Gasteiger partial charge on any atom is 0.253 e. The maximum absolute atomic E-state index is 12.6. The quantitative estimate of drug-likeness (QED) is 0.816. The van der Waals surface area contributed by atoms with E-state index in [1.807, 2.05) is 17.0 Å². The largest absolute Gasteiger partial charge is 0.339 e. The fourth-order valence-corrected chi connectivity index (χ4v) is 3.88. The highest BCUT2D eigenvalue weighted by Gasteiger charge is 2.36. The Morgan fingerprint density at radius 1 is 1.19 bits per heavy atom. The standard InChI is InChI=1S/C16H20BrClN2O/c17-13-2-1-12(11-14(13)18)15(21)20-9-5-16(6-10-20)3-7-19-8-4-16/h1-2,11,19H,3-10H2. The first-order valence-corrected chi connectivity index (χ1v) is 8.72. The first-order chi connectivity index (χ1) is 10.1. The lowest BCUT2D eigenvalue weighted by molar-refractivity contribution is 0.0495. The third-order valence-corrected chi connectivity index (χ3v) is 6.17. The van der Waals surface area contributed by atoms with Crippen molar-refractivity contribution in [2.24, 2.45) is 5.41 Å². The molecule has 0 radical (unpaired) electrons. The van der Waals surface area contributed by atoms with Crippen LogP contribution in [0.25, 0.3) is 0 Å². The van der Waals surface area contributed by atoms with Crippen LogP contribution in [0.3, 0.4) is 0 Å². The van der Waals surface area contributed by atoms with Crippen molar-refractivity contribution >= 4 is 33.4 Å². The van der Waals surface area contributed by atoms with E-state index < -0.39 is 0 Å². The van der Waals surface area contributed by atoms with E-state index in [1.165, 1.54) is 12.8 Å². The Hall–Kier alpha value is -0.580. The molecule has 21 heavy (non-hydrogen) atoms. The van der Waals surface area contributed by atoms with Crippen molar-refractivity contribution in [1.82, 2.24) is 10.2 Å². The topological polar surface area (TPSA) is 32.3 Å². The third kappa shape index (κ3) is 3.27. The van der Waals surface area contributed by atoms with Gasteiger partial charge >= 0.3 is 0 Å². The minimum atomic E-state index is 0.105. The predicted molar refractivity (Wildman–Crippen MR) is 88.8 cm³/mol. The van der Waals surface area contributed by atoms with Gasteiger partial charge in [0.25, 0.3) is 5.91 Å². The molecule has 1 N–H and O–H groups in total. The SMILES string of the molecule is O=C(c1ccc(Br)c(Cl)c1)N1CCC2(CCNCC2)CC1. The minimum absolute atomic E-state index is 0.105. The first-order valence-electron chi connectivity index (χ1n) is 7.55. The number of hydrogen-bond acceptors (Lipinski definition) is 2. The molecule has 2 heterocycles. The fourth-order valence-electron chi connectivity index (χ4n) is 3.45. The number of likely N-dealkylation sites (tertiary alicyclic amines) is 1. The molecule has 5 heteroatoms. The lowest BCUT2D eigenvalue weighted by Gasteiger charge is -2.44. The zero-order valence-corrected chi connectivity index (χ0v) is 14.3. The Bertz CT molecular complexity index is 533. The highest BCUT2D eigenvalue weighted by Crippen LogP contribution is 2.39. The molecule has 0 saturated carbocycles. The average Bonchev–Trinajstić information content (AvgIpc) is 2.51. The summed E-state index contributed by atoms with van der Waals surface area (Å²) in [5.74, 6) is 0.105. The number of hydrogen-bond donors (Lipinski definition) is 1. The second-order valence-corrected chi connectivity index (χ2v) is 7.43. The minimum Gasteiger partial charge on any atom is -0.339 e. The molecule has 2 fully saturated rings. The van der Waals surface area contributed by atoms with Gasteiger partial charge in [0.15, 0.2) is 0 Å². The van der Waals surface area contributed by atoms with E-state index in [1.54, 1.807) is 6.07 Å². The van der Waals surface area contributed by atoms with Crippen LogP contribution in [-0.2, 0) is 0 Å². The van der Waals surface area contributed by atoms with Crippen LogP contribution in [0.4, 0.5) is 0 Å². The molecule has 0 aliphatic carbocycles. The second kappa shape index (κ2) is 6.27. The summed E-state index contributed by atoms with van der Waals surface area (Å²) in [7, 11) is 0. The van der Waals surface area contributed by atoms with Gasteiger partial charge in [-0.15, -0.1) is 0 Å². The van der Waals surface area contributed by atoms with Gasteiger partial charge in [-0.2, -0.15) is 0 Å². The van der Waals surface area contributed by atoms with Gasteiger partial charge < -0.3 is 10.2 Å². The second-order valence-electron chi connectivity index (χ2n) is 6.17. The summed E-state index contributed by atoms with van der Waals surface area (Å²) >= 11 is 9.45. The zero-order valence-electron chi connectivity index (χ0n) is 12.0. The monoisotopic (exact) mass is 370 g/mol. The third-order valence-electron chi connectivity index (χ3n) is 4.94. The predicted octanol–water partition coefficient (Wildman–Crippen LogP) is 3.71. The number of rotatable bonds is 1. The van der Waals surface area contributed by atoms with Crippen LogP contribution < -0.4 is 5.32 Å². The molecule has 0 atom stereocenters. The zero-order chi connectivity index (χ0) is 14.9. The number of amides is 1. The highest BCUT2D eigenvalue weighted by atomic mass is 79.9. The summed E-state index contributed by atoms with van der Waals surface area (Å²) < 4.78 is 0.827. The number of halogens is 2. The van der Waals surface area contributed by atoms with E-state index in [2.05, 4.69) is 21.2 Å². The Morgan fingerprint density at radius 3 is 2.48 bits per heavy atom. The van der Waals surface area contributed by atoms with Gasteiger partial charge in [-0.25, -0.2) is 0 Å². The molecule has 1 spiro atoms. The molecule has 114 valence electrons. The summed E-state index contributed by atoms with van der Waals surface area (Å²) in [5.41, 5.74) is 1.16. The lowest BCUT2D eigenvalue weighted by atomic mass is 9.71. The summed E-state index contributed by atoms with van der Waals surface area (Å²) in [6, 6.07) is 5.43. The van der Waals surface area contributed by atoms with E-state index in [-0.39, 0.29) is 5.91 Å². The number of carbonyl (C=O) groups excluding carboxylic acids is 1. The van der Waals surface area contributed by atoms with Gasteiger partial charge in [-0.05, 0) is 78.3 Å². The van der Waals surface area contributed by atoms with Crippen molar-refractivity contribution in [2.45, 2.75) is 25.7 Å². The van der Waals surface area contributed by atoms with Crippen molar-refractivity contribution in [1.29, 1.82) is 0 Å². The molecular formula is C16H20BrClN2O. The molecule has 2 aliphatic heterocycles. The van der Waals surface area contributed by atoms with Crippen LogP contribution >= 0.6 is 27.5 Å². The normalized spacial score (nSPS) is 21.5. The van der Waals surface area contributed by atoms with Crippen molar-refractivity contribution in [2.75, 3.05) is 26.2 Å². The first kappa shape index (κ1) is 15.3. The van der Waals surface area contributed by atoms with Crippen molar-refractivity contribution < 1.29 is 4.79 Å². The molecular weight excluding hydrogens is 352 g/mol. The average molecular weight is 372 g/mol. The van der Waals surface area contributed by atoms with Gasteiger partial charge in [-0.3, -0.25) is 4.79 Å². The van der Waals surface area contributed by atoms with Crippen molar-refractivity contribution in [3.8, 4) is 0 Å². The molecule has 3 nitrogen and oxygen atoms in total. The van der Waals surface area contributed by atoms with Crippen LogP contribution in [-0.4, -0.2) is 37.0 Å². The Morgan fingerprint density at radius 2 is 1.86 bits per heavy atom. The van der Waals surface area contributed by atoms with Gasteiger partial charge in [0, 0.05) is 23.1 Å². The van der Waals surface area contributed by atoms with Gasteiger partial charge in [0.1, 0.15) is 0 Å². The molecule has 0 bridgehead atoms. The number of piperidine rings is 2. The van der Waals surface area contributed by atoms with E-state index in [4.69, 9.17) is 11.6 Å². The van der Waals surface area contributed by atoms with Crippen molar-refractivity contribution in [3.05, 3.63) is 33.3 Å². The number of benzene rings is 1. The summed E-state index contributed by atoms with van der Waals surface area (Å²) in [6.45, 7) is 3.98. The van der Waals surface area contributed by atoms with E-state index in [9.17, 15) is 4.79 Å². The Balaban J connectivity index is 1.65. The van der Waals surface area contributed by atoms with Crippen molar-refractivity contribution in [3.63, 3.8) is 0 Å². The molecule has 3 rings (SSSR count). The van der Waals surface area contributed by atoms with Crippen LogP contribution in [0.1, 0.15) is 36.0 Å². The van der Waals surface area contributed by atoms with Crippen LogP contribution in [0, 0.1) is 5.41 Å². The number of nitrogens with one attached hydrogen (secondary N) is 1. The van der Waals surface area contributed by atoms with E-state index in [0.717, 1.165) is 43.5 Å². The molecule has 0 aromatic heterocycles. The van der Waals surface area contributed by atoms with Crippen LogP contribution in [0.2, 0.25) is 5.02 Å². The van der Waals surface area contributed by atoms with E-state index >= 15 is 0 Å². The fraction of sp³-hybridized carbons (Fsp3) is 0.562. The molecule has 2 saturated heterocycles. The van der Waals surface area contributed by atoms with Gasteiger partial charge in [0.05, 0.1) is 5.02 Å². The van der Waals surface area contributed by atoms with E-state index in [0.29, 0.717) is 16.0 Å². The summed E-state index contributed by atoms with van der Waals surface area (Å²) in [4.78, 5) is 14.6. The molecule has 1 aromatic carbocycles. The summed E-state index contributed by atoms with van der Waals surface area (Å²) in [5, 5.41) is 4.02. The smallest absolute Gasteiger partial charge is 0.253 e. The molecule has 1 amide bonds. The van der Waals surface area contributed by atoms with Gasteiger partial charge in [-0.1, -0.05) is 11.6 Å². The van der Waals surface area contributed by atoms with Crippen LogP contribution in [0.5, 0.6) is 0 Å². The number of nitrogens with zero attached hydrogens (tertiary/aromatic N) is 1. The highest BCUT2D eigenvalue weighted by molar-refractivity contribution is 9.10. The summed E-state index contributed by atoms with van der Waals surface area (Å²) in [6.07, 6.45) is 4.76. The molecule has 1 aromatic rings. The maximum atomic E-state index is 12.6. The Kier molecular flexibility index (Phi) is 4.57. The van der Waals surface area contributed by atoms with Crippen LogP contribution in [0.15, 0.2) is 22.7 Å². The lowest BCUT2D eigenvalue weighted by Crippen LogP contribution is -2.47. The molecule has 2 aliphatic rings.